The zero-order valence-corrected chi connectivity index (χ0v) is 19.3. The lowest BCUT2D eigenvalue weighted by Crippen LogP contribution is -2.50. The first kappa shape index (κ1) is 24.2. The van der Waals surface area contributed by atoms with Gasteiger partial charge in [-0.2, -0.15) is 0 Å². The van der Waals surface area contributed by atoms with Gasteiger partial charge in [-0.05, 0) is 37.5 Å². The van der Waals surface area contributed by atoms with Gasteiger partial charge in [-0.15, -0.1) is 0 Å². The Kier molecular flexibility index (Phi) is 8.76. The van der Waals surface area contributed by atoms with Gasteiger partial charge in [0, 0.05) is 31.5 Å². The second-order valence-electron chi connectivity index (χ2n) is 8.20. The first-order chi connectivity index (χ1) is 16.0. The van der Waals surface area contributed by atoms with E-state index in [0.717, 1.165) is 16.7 Å². The molecule has 172 valence electrons. The van der Waals surface area contributed by atoms with Crippen molar-refractivity contribution in [3.05, 3.63) is 107 Å². The average molecular weight is 447 g/mol. The number of hydrogen-bond acceptors (Lipinski definition) is 2. The Hall–Kier alpha value is -3.47. The molecule has 3 rings (SSSR count). The smallest absolute Gasteiger partial charge is 0.243 e. The molecule has 0 aliphatic carbocycles. The topological polar surface area (TPSA) is 49.4 Å². The summed E-state index contributed by atoms with van der Waals surface area (Å²) in [5, 5.41) is 2.86. The molecular weight excluding hydrogens is 415 g/mol. The van der Waals surface area contributed by atoms with E-state index in [9.17, 15) is 14.0 Å². The number of hydrogen-bond donors (Lipinski definition) is 1. The molecule has 0 radical (unpaired) electrons. The zero-order chi connectivity index (χ0) is 23.6. The van der Waals surface area contributed by atoms with Gasteiger partial charge in [0.25, 0.3) is 0 Å². The summed E-state index contributed by atoms with van der Waals surface area (Å²) in [6.07, 6.45) is 1.15. The highest BCUT2D eigenvalue weighted by Gasteiger charge is 2.30. The molecule has 0 saturated carbocycles. The number of rotatable bonds is 10. The third kappa shape index (κ3) is 7.01. The molecular formula is C28H31FN2O2. The van der Waals surface area contributed by atoms with Gasteiger partial charge < -0.3 is 10.2 Å². The highest BCUT2D eigenvalue weighted by Crippen LogP contribution is 2.18. The Morgan fingerprint density at radius 2 is 1.58 bits per heavy atom. The number of carbonyl (C=O) groups excluding carboxylic acids is 2. The highest BCUT2D eigenvalue weighted by molar-refractivity contribution is 5.88. The summed E-state index contributed by atoms with van der Waals surface area (Å²) in [6.45, 7) is 4.35. The van der Waals surface area contributed by atoms with Gasteiger partial charge in [-0.25, -0.2) is 4.39 Å². The van der Waals surface area contributed by atoms with Crippen LogP contribution in [0.2, 0.25) is 0 Å². The van der Waals surface area contributed by atoms with Gasteiger partial charge in [0.05, 0.1) is 0 Å². The molecule has 1 atom stereocenters. The zero-order valence-electron chi connectivity index (χ0n) is 19.3. The van der Waals surface area contributed by atoms with Crippen molar-refractivity contribution in [3.8, 4) is 0 Å². The average Bonchev–Trinajstić information content (AvgIpc) is 2.82. The predicted molar refractivity (Wildman–Crippen MR) is 129 cm³/mol. The van der Waals surface area contributed by atoms with Crippen LogP contribution < -0.4 is 5.32 Å². The summed E-state index contributed by atoms with van der Waals surface area (Å²) < 4.78 is 14.5. The van der Waals surface area contributed by atoms with Crippen molar-refractivity contribution in [2.45, 2.75) is 45.7 Å². The molecule has 0 aromatic heterocycles. The van der Waals surface area contributed by atoms with Gasteiger partial charge in [0.15, 0.2) is 0 Å². The fourth-order valence-corrected chi connectivity index (χ4v) is 3.81. The van der Waals surface area contributed by atoms with Crippen LogP contribution in [-0.2, 0) is 29.0 Å². The first-order valence-corrected chi connectivity index (χ1v) is 11.4. The maximum atomic E-state index is 14.5. The van der Waals surface area contributed by atoms with Crippen LogP contribution in [0.15, 0.2) is 78.9 Å². The SMILES string of the molecule is CCNC(=O)C(Cc1ccccc1)N(Cc1ccccc1F)C(=O)CCc1ccc(C)cc1. The van der Waals surface area contributed by atoms with E-state index in [-0.39, 0.29) is 30.6 Å². The fourth-order valence-electron chi connectivity index (χ4n) is 3.81. The molecule has 0 spiro atoms. The lowest BCUT2D eigenvalue weighted by atomic mass is 10.0. The van der Waals surface area contributed by atoms with Crippen LogP contribution in [0.1, 0.15) is 35.6 Å². The molecule has 2 amide bonds. The lowest BCUT2D eigenvalue weighted by Gasteiger charge is -2.31. The molecule has 33 heavy (non-hydrogen) atoms. The molecule has 1 unspecified atom stereocenters. The van der Waals surface area contributed by atoms with Gasteiger partial charge >= 0.3 is 0 Å². The van der Waals surface area contributed by atoms with Crippen molar-refractivity contribution in [1.29, 1.82) is 0 Å². The summed E-state index contributed by atoms with van der Waals surface area (Å²) in [6, 6.07) is 23.3. The fraction of sp³-hybridized carbons (Fsp3) is 0.286. The highest BCUT2D eigenvalue weighted by atomic mass is 19.1. The molecule has 3 aromatic rings. The van der Waals surface area contributed by atoms with Crippen molar-refractivity contribution in [2.75, 3.05) is 6.54 Å². The normalized spacial score (nSPS) is 11.6. The van der Waals surface area contributed by atoms with Crippen LogP contribution in [0.3, 0.4) is 0 Å². The molecule has 1 N–H and O–H groups in total. The Balaban J connectivity index is 1.89. The van der Waals surface area contributed by atoms with Crippen LogP contribution in [0, 0.1) is 12.7 Å². The van der Waals surface area contributed by atoms with Crippen molar-refractivity contribution >= 4 is 11.8 Å². The van der Waals surface area contributed by atoms with Gasteiger partial charge in [0.1, 0.15) is 11.9 Å². The molecule has 3 aromatic carbocycles. The molecule has 0 bridgehead atoms. The van der Waals surface area contributed by atoms with Crippen molar-refractivity contribution in [2.24, 2.45) is 0 Å². The summed E-state index contributed by atoms with van der Waals surface area (Å²) in [5.41, 5.74) is 3.55. The van der Waals surface area contributed by atoms with Crippen LogP contribution in [-0.4, -0.2) is 29.3 Å². The molecule has 4 nitrogen and oxygen atoms in total. The van der Waals surface area contributed by atoms with Gasteiger partial charge in [-0.3, -0.25) is 9.59 Å². The summed E-state index contributed by atoms with van der Waals surface area (Å²) in [4.78, 5) is 28.1. The summed E-state index contributed by atoms with van der Waals surface area (Å²) >= 11 is 0. The van der Waals surface area contributed by atoms with E-state index in [2.05, 4.69) is 5.32 Å². The molecule has 0 aliphatic rings. The minimum absolute atomic E-state index is 0.0358. The van der Waals surface area contributed by atoms with Crippen LogP contribution in [0.5, 0.6) is 0 Å². The minimum Gasteiger partial charge on any atom is -0.355 e. The minimum atomic E-state index is -0.738. The van der Waals surface area contributed by atoms with Crippen LogP contribution in [0.25, 0.3) is 0 Å². The quantitative estimate of drug-likeness (QED) is 0.484. The molecule has 5 heteroatoms. The number of carbonyl (C=O) groups is 2. The van der Waals surface area contributed by atoms with Crippen molar-refractivity contribution < 1.29 is 14.0 Å². The van der Waals surface area contributed by atoms with Crippen LogP contribution >= 0.6 is 0 Å². The molecule has 0 aliphatic heterocycles. The van der Waals surface area contributed by atoms with E-state index < -0.39 is 6.04 Å². The molecule has 0 fully saturated rings. The Labute approximate surface area is 195 Å². The Bertz CT molecular complexity index is 1050. The Morgan fingerprint density at radius 1 is 0.909 bits per heavy atom. The number of aryl methyl sites for hydroxylation is 2. The maximum Gasteiger partial charge on any atom is 0.243 e. The van der Waals surface area contributed by atoms with E-state index in [1.807, 2.05) is 68.4 Å². The molecule has 0 heterocycles. The Morgan fingerprint density at radius 3 is 2.24 bits per heavy atom. The third-order valence-electron chi connectivity index (χ3n) is 5.67. The largest absolute Gasteiger partial charge is 0.355 e. The van der Waals surface area contributed by atoms with E-state index in [4.69, 9.17) is 0 Å². The number of benzene rings is 3. The van der Waals surface area contributed by atoms with E-state index in [1.54, 1.807) is 18.2 Å². The summed E-state index contributed by atoms with van der Waals surface area (Å²) in [5.74, 6) is -0.796. The van der Waals surface area contributed by atoms with E-state index in [1.165, 1.54) is 11.0 Å². The second-order valence-corrected chi connectivity index (χ2v) is 8.20. The number of nitrogens with one attached hydrogen (secondary N) is 1. The number of likely N-dealkylation sites (N-methyl/N-ethyl adjacent to an activating group) is 1. The van der Waals surface area contributed by atoms with Crippen molar-refractivity contribution in [3.63, 3.8) is 0 Å². The number of amides is 2. The third-order valence-corrected chi connectivity index (χ3v) is 5.67. The second kappa shape index (κ2) is 12.0. The predicted octanol–water partition coefficient (Wildman–Crippen LogP) is 4.84. The maximum absolute atomic E-state index is 14.5. The summed E-state index contributed by atoms with van der Waals surface area (Å²) in [7, 11) is 0. The van der Waals surface area contributed by atoms with E-state index in [0.29, 0.717) is 24.9 Å². The monoisotopic (exact) mass is 446 g/mol. The molecule has 0 saturated heterocycles. The van der Waals surface area contributed by atoms with Crippen molar-refractivity contribution in [1.82, 2.24) is 10.2 Å². The lowest BCUT2D eigenvalue weighted by molar-refractivity contribution is -0.141. The first-order valence-electron chi connectivity index (χ1n) is 11.4. The van der Waals surface area contributed by atoms with E-state index >= 15 is 0 Å². The van der Waals surface area contributed by atoms with Crippen LogP contribution in [0.4, 0.5) is 4.39 Å². The number of nitrogens with zero attached hydrogens (tertiary/aromatic N) is 1. The standard InChI is InChI=1S/C28H31FN2O2/c1-3-30-28(33)26(19-23-9-5-4-6-10-23)31(20-24-11-7-8-12-25(24)29)27(32)18-17-22-15-13-21(2)14-16-22/h4-16,26H,3,17-20H2,1-2H3,(H,30,33). The number of halogens is 1. The van der Waals surface area contributed by atoms with Gasteiger partial charge in [0.2, 0.25) is 11.8 Å². The van der Waals surface area contributed by atoms with Gasteiger partial charge in [-0.1, -0.05) is 78.4 Å².